The lowest BCUT2D eigenvalue weighted by Gasteiger charge is -2.38. The molecular formula is C27H48O2. The van der Waals surface area contributed by atoms with E-state index in [0.717, 1.165) is 76.2 Å². The summed E-state index contributed by atoms with van der Waals surface area (Å²) in [6.45, 7) is 11.1. The largest absolute Gasteiger partial charge is 0.396 e. The molecule has 0 aliphatic heterocycles. The molecule has 0 bridgehead atoms. The van der Waals surface area contributed by atoms with Crippen LogP contribution in [-0.4, -0.2) is 16.8 Å². The first-order valence-electron chi connectivity index (χ1n) is 12.5. The standard InChI is InChI=1S/C27H48O2/c1-6-11-15-22-19-23(16-12-7-2)25(24(20-22)17-13-8-3)26(29)27(10-5,21-28)18-14-9-4/h19-20,26,28-29H,6-18,21H2,1-5H3. The van der Waals surface area contributed by atoms with Gasteiger partial charge in [-0.3, -0.25) is 0 Å². The third-order valence-corrected chi connectivity index (χ3v) is 6.73. The fraction of sp³-hybridized carbons (Fsp3) is 0.778. The molecule has 0 aliphatic carbocycles. The maximum atomic E-state index is 11.7. The predicted molar refractivity (Wildman–Crippen MR) is 127 cm³/mol. The van der Waals surface area contributed by atoms with Crippen molar-refractivity contribution in [3.05, 3.63) is 34.4 Å². The molecule has 0 spiro atoms. The quantitative estimate of drug-likeness (QED) is 0.303. The zero-order valence-corrected chi connectivity index (χ0v) is 20.0. The van der Waals surface area contributed by atoms with E-state index in [1.165, 1.54) is 29.5 Å². The highest BCUT2D eigenvalue weighted by Gasteiger charge is 2.38. The molecule has 1 aromatic rings. The molecule has 1 aromatic carbocycles. The van der Waals surface area contributed by atoms with Crippen molar-refractivity contribution in [3.63, 3.8) is 0 Å². The second kappa shape index (κ2) is 14.2. The molecule has 0 fully saturated rings. The molecule has 0 radical (unpaired) electrons. The summed E-state index contributed by atoms with van der Waals surface area (Å²) in [7, 11) is 0. The van der Waals surface area contributed by atoms with Crippen LogP contribution in [0.25, 0.3) is 0 Å². The Balaban J connectivity index is 3.50. The molecule has 0 saturated heterocycles. The normalized spacial score (nSPS) is 14.7. The summed E-state index contributed by atoms with van der Waals surface area (Å²) in [5.74, 6) is 0. The Morgan fingerprint density at radius 2 is 1.24 bits per heavy atom. The van der Waals surface area contributed by atoms with E-state index in [9.17, 15) is 10.2 Å². The molecule has 29 heavy (non-hydrogen) atoms. The summed E-state index contributed by atoms with van der Waals surface area (Å²) in [6.07, 6.45) is 13.5. The Morgan fingerprint density at radius 1 is 0.759 bits per heavy atom. The van der Waals surface area contributed by atoms with E-state index in [-0.39, 0.29) is 6.61 Å². The second-order valence-corrected chi connectivity index (χ2v) is 9.02. The molecule has 168 valence electrons. The van der Waals surface area contributed by atoms with Gasteiger partial charge in [-0.1, -0.05) is 78.9 Å². The van der Waals surface area contributed by atoms with E-state index in [1.54, 1.807) is 0 Å². The fourth-order valence-electron chi connectivity index (χ4n) is 4.49. The van der Waals surface area contributed by atoms with Crippen LogP contribution >= 0.6 is 0 Å². The lowest BCUT2D eigenvalue weighted by Crippen LogP contribution is -2.34. The predicted octanol–water partition coefficient (Wildman–Crippen LogP) is 7.33. The summed E-state index contributed by atoms with van der Waals surface area (Å²) in [6, 6.07) is 4.74. The van der Waals surface area contributed by atoms with Crippen molar-refractivity contribution in [3.8, 4) is 0 Å². The van der Waals surface area contributed by atoms with Crippen LogP contribution in [0.5, 0.6) is 0 Å². The van der Waals surface area contributed by atoms with Crippen molar-refractivity contribution in [1.29, 1.82) is 0 Å². The van der Waals surface area contributed by atoms with Gasteiger partial charge in [0.15, 0.2) is 0 Å². The van der Waals surface area contributed by atoms with Crippen LogP contribution in [0.3, 0.4) is 0 Å². The Bertz CT molecular complexity index is 531. The number of aliphatic hydroxyl groups is 2. The van der Waals surface area contributed by atoms with Gasteiger partial charge in [0.2, 0.25) is 0 Å². The van der Waals surface area contributed by atoms with Crippen molar-refractivity contribution in [1.82, 2.24) is 0 Å². The van der Waals surface area contributed by atoms with Gasteiger partial charge in [0, 0.05) is 5.41 Å². The Hall–Kier alpha value is -0.860. The van der Waals surface area contributed by atoms with Crippen LogP contribution in [0.15, 0.2) is 12.1 Å². The molecule has 0 amide bonds. The van der Waals surface area contributed by atoms with E-state index in [1.807, 2.05) is 0 Å². The third kappa shape index (κ3) is 7.40. The first-order chi connectivity index (χ1) is 14.0. The Morgan fingerprint density at radius 3 is 1.66 bits per heavy atom. The smallest absolute Gasteiger partial charge is 0.0873 e. The van der Waals surface area contributed by atoms with Gasteiger partial charge >= 0.3 is 0 Å². The van der Waals surface area contributed by atoms with Crippen LogP contribution in [-0.2, 0) is 19.3 Å². The van der Waals surface area contributed by atoms with Crippen molar-refractivity contribution in [2.75, 3.05) is 6.61 Å². The fourth-order valence-corrected chi connectivity index (χ4v) is 4.49. The summed E-state index contributed by atoms with van der Waals surface area (Å²) >= 11 is 0. The second-order valence-electron chi connectivity index (χ2n) is 9.02. The van der Waals surface area contributed by atoms with Gasteiger partial charge in [0.25, 0.3) is 0 Å². The van der Waals surface area contributed by atoms with E-state index >= 15 is 0 Å². The van der Waals surface area contributed by atoms with Crippen molar-refractivity contribution < 1.29 is 10.2 Å². The van der Waals surface area contributed by atoms with Gasteiger partial charge in [-0.25, -0.2) is 0 Å². The minimum atomic E-state index is -0.581. The maximum Gasteiger partial charge on any atom is 0.0873 e. The van der Waals surface area contributed by atoms with Gasteiger partial charge in [-0.05, 0) is 73.6 Å². The van der Waals surface area contributed by atoms with E-state index in [4.69, 9.17) is 0 Å². The minimum Gasteiger partial charge on any atom is -0.396 e. The molecule has 2 heteroatoms. The topological polar surface area (TPSA) is 40.5 Å². The summed E-state index contributed by atoms with van der Waals surface area (Å²) < 4.78 is 0. The van der Waals surface area contributed by atoms with E-state index in [2.05, 4.69) is 46.8 Å². The first kappa shape index (κ1) is 26.2. The number of hydrogen-bond donors (Lipinski definition) is 2. The van der Waals surface area contributed by atoms with Crippen LogP contribution in [0, 0.1) is 5.41 Å². The zero-order valence-electron chi connectivity index (χ0n) is 20.0. The van der Waals surface area contributed by atoms with Crippen molar-refractivity contribution >= 4 is 0 Å². The van der Waals surface area contributed by atoms with Crippen LogP contribution in [0.2, 0.25) is 0 Å². The first-order valence-corrected chi connectivity index (χ1v) is 12.5. The highest BCUT2D eigenvalue weighted by Crippen LogP contribution is 2.44. The van der Waals surface area contributed by atoms with Crippen LogP contribution in [0.1, 0.15) is 127 Å². The molecule has 2 nitrogen and oxygen atoms in total. The van der Waals surface area contributed by atoms with Crippen molar-refractivity contribution in [2.45, 2.75) is 124 Å². The minimum absolute atomic E-state index is 0.0582. The summed E-state index contributed by atoms with van der Waals surface area (Å²) in [5, 5.41) is 22.1. The Kier molecular flexibility index (Phi) is 12.8. The highest BCUT2D eigenvalue weighted by molar-refractivity contribution is 5.42. The third-order valence-electron chi connectivity index (χ3n) is 6.73. The number of rotatable bonds is 16. The van der Waals surface area contributed by atoms with Crippen LogP contribution < -0.4 is 0 Å². The highest BCUT2D eigenvalue weighted by atomic mass is 16.3. The van der Waals surface area contributed by atoms with Gasteiger partial charge in [0.1, 0.15) is 0 Å². The van der Waals surface area contributed by atoms with E-state index < -0.39 is 11.5 Å². The Labute approximate surface area is 181 Å². The monoisotopic (exact) mass is 404 g/mol. The molecule has 0 aromatic heterocycles. The summed E-state index contributed by atoms with van der Waals surface area (Å²) in [5.41, 5.74) is 4.82. The van der Waals surface area contributed by atoms with Gasteiger partial charge in [-0.15, -0.1) is 0 Å². The van der Waals surface area contributed by atoms with E-state index in [0.29, 0.717) is 0 Å². The average Bonchev–Trinajstić information content (AvgIpc) is 2.75. The zero-order chi connectivity index (χ0) is 21.7. The molecule has 0 aliphatic rings. The van der Waals surface area contributed by atoms with Gasteiger partial charge in [0.05, 0.1) is 12.7 Å². The number of aliphatic hydroxyl groups excluding tert-OH is 2. The number of aryl methyl sites for hydroxylation is 3. The number of unbranched alkanes of at least 4 members (excludes halogenated alkanes) is 4. The molecule has 0 heterocycles. The van der Waals surface area contributed by atoms with Gasteiger partial charge < -0.3 is 10.2 Å². The van der Waals surface area contributed by atoms with Gasteiger partial charge in [-0.2, -0.15) is 0 Å². The SMILES string of the molecule is CCCCc1cc(CCCC)c(C(O)C(CC)(CO)CCCC)c(CCCC)c1. The molecule has 2 atom stereocenters. The van der Waals surface area contributed by atoms with Crippen molar-refractivity contribution in [2.24, 2.45) is 5.41 Å². The lowest BCUT2D eigenvalue weighted by atomic mass is 9.71. The molecule has 2 unspecified atom stereocenters. The molecule has 1 rings (SSSR count). The maximum absolute atomic E-state index is 11.7. The average molecular weight is 405 g/mol. The lowest BCUT2D eigenvalue weighted by molar-refractivity contribution is -0.0312. The number of hydrogen-bond acceptors (Lipinski definition) is 2. The molecular weight excluding hydrogens is 356 g/mol. The molecule has 2 N–H and O–H groups in total. The summed E-state index contributed by atoms with van der Waals surface area (Å²) in [4.78, 5) is 0. The number of benzene rings is 1. The van der Waals surface area contributed by atoms with Crippen LogP contribution in [0.4, 0.5) is 0 Å². The molecule has 0 saturated carbocycles.